The number of benzene rings is 2. The first kappa shape index (κ1) is 33.1. The molecule has 0 saturated heterocycles. The average molecular weight is 597 g/mol. The predicted molar refractivity (Wildman–Crippen MR) is 179 cm³/mol. The zero-order chi connectivity index (χ0) is 31.7. The number of allylic oxidation sites excluding steroid dienone is 4. The third-order valence-corrected chi connectivity index (χ3v) is 8.45. The van der Waals surface area contributed by atoms with E-state index in [0.717, 1.165) is 12.8 Å². The highest BCUT2D eigenvalue weighted by Gasteiger charge is 2.36. The summed E-state index contributed by atoms with van der Waals surface area (Å²) in [5.41, 5.74) is 3.91. The zero-order valence-corrected chi connectivity index (χ0v) is 26.9. The van der Waals surface area contributed by atoms with E-state index in [9.17, 15) is 19.8 Å². The smallest absolute Gasteiger partial charge is 0.168 e. The summed E-state index contributed by atoms with van der Waals surface area (Å²) in [6, 6.07) is 20.3. The van der Waals surface area contributed by atoms with Crippen molar-refractivity contribution in [1.29, 1.82) is 0 Å². The molecule has 0 unspecified atom stereocenters. The molecule has 0 amide bonds. The van der Waals surface area contributed by atoms with Crippen LogP contribution in [0.1, 0.15) is 90.2 Å². The first-order valence-electron chi connectivity index (χ1n) is 16.0. The second-order valence-electron chi connectivity index (χ2n) is 13.9. The molecule has 0 spiro atoms. The molecule has 234 valence electrons. The fourth-order valence-corrected chi connectivity index (χ4v) is 6.31. The number of aliphatic hydroxyl groups excluding tert-OH is 2. The summed E-state index contributed by atoms with van der Waals surface area (Å²) in [5.74, 6) is 0.175. The van der Waals surface area contributed by atoms with Crippen molar-refractivity contribution in [2.24, 2.45) is 20.8 Å². The van der Waals surface area contributed by atoms with E-state index in [-0.39, 0.29) is 33.9 Å². The second-order valence-corrected chi connectivity index (χ2v) is 13.9. The number of unbranched alkanes of at least 4 members (excludes halogenated alkanes) is 1. The summed E-state index contributed by atoms with van der Waals surface area (Å²) in [6.45, 7) is 9.07. The van der Waals surface area contributed by atoms with Gasteiger partial charge in [-0.05, 0) is 60.5 Å². The highest BCUT2D eigenvalue weighted by atomic mass is 16.3. The first-order chi connectivity index (χ1) is 20.9. The fraction of sp³-hybridized carbons (Fsp3) is 0.474. The number of hydrogen-bond acceptors (Lipinski definition) is 6. The van der Waals surface area contributed by atoms with Crippen LogP contribution in [0.2, 0.25) is 0 Å². The molecule has 6 nitrogen and oxygen atoms in total. The minimum absolute atomic E-state index is 0.0501. The molecule has 0 aromatic heterocycles. The van der Waals surface area contributed by atoms with Gasteiger partial charge in [0.1, 0.15) is 11.5 Å². The summed E-state index contributed by atoms with van der Waals surface area (Å²) >= 11 is 0. The number of hydrogen-bond donors (Lipinski definition) is 2. The van der Waals surface area contributed by atoms with Gasteiger partial charge in [0, 0.05) is 50.2 Å². The largest absolute Gasteiger partial charge is 0.511 e. The van der Waals surface area contributed by atoms with E-state index in [0.29, 0.717) is 87.0 Å². The number of carbonyl (C=O) groups is 2. The maximum absolute atomic E-state index is 13.2. The van der Waals surface area contributed by atoms with Crippen molar-refractivity contribution in [3.05, 3.63) is 94.5 Å². The van der Waals surface area contributed by atoms with Gasteiger partial charge < -0.3 is 10.2 Å². The van der Waals surface area contributed by atoms with Crippen molar-refractivity contribution in [2.45, 2.75) is 91.9 Å². The number of ketones is 2. The molecule has 0 atom stereocenters. The van der Waals surface area contributed by atoms with E-state index in [2.05, 4.69) is 24.3 Å². The SMILES string of the molecule is CC1(C)CC(=O)C(C(CCCCC(=NCCc2ccccc2)C2=C(O)CC(C)(C)CC2=O)=NCCc2ccccc2)=C(O)C1. The molecule has 0 bridgehead atoms. The molecule has 6 heteroatoms. The van der Waals surface area contributed by atoms with E-state index in [1.54, 1.807) is 0 Å². The molecular weight excluding hydrogens is 548 g/mol. The lowest BCUT2D eigenvalue weighted by molar-refractivity contribution is -0.118. The van der Waals surface area contributed by atoms with E-state index >= 15 is 0 Å². The molecule has 2 aromatic carbocycles. The molecule has 2 aliphatic carbocycles. The van der Waals surface area contributed by atoms with Crippen LogP contribution in [0.15, 0.2) is 93.3 Å². The molecule has 4 rings (SSSR count). The highest BCUT2D eigenvalue weighted by Crippen LogP contribution is 2.38. The van der Waals surface area contributed by atoms with Gasteiger partial charge in [-0.15, -0.1) is 0 Å². The van der Waals surface area contributed by atoms with Crippen LogP contribution in [-0.2, 0) is 22.4 Å². The monoisotopic (exact) mass is 596 g/mol. The number of aliphatic hydroxyl groups is 2. The van der Waals surface area contributed by atoms with Gasteiger partial charge in [-0.3, -0.25) is 19.6 Å². The Labute approximate surface area is 262 Å². The fourth-order valence-electron chi connectivity index (χ4n) is 6.31. The molecular formula is C38H48N2O4. The lowest BCUT2D eigenvalue weighted by atomic mass is 9.75. The molecule has 2 N–H and O–H groups in total. The minimum atomic E-state index is -0.276. The van der Waals surface area contributed by atoms with Crippen LogP contribution in [0, 0.1) is 10.8 Å². The molecule has 0 aliphatic heterocycles. The van der Waals surface area contributed by atoms with E-state index in [1.165, 1.54) is 11.1 Å². The summed E-state index contributed by atoms with van der Waals surface area (Å²) in [6.07, 6.45) is 5.69. The zero-order valence-electron chi connectivity index (χ0n) is 26.9. The third-order valence-electron chi connectivity index (χ3n) is 8.45. The number of aliphatic imine (C=N–C) groups is 2. The summed E-state index contributed by atoms with van der Waals surface area (Å²) in [5, 5.41) is 21.9. The number of nitrogens with zero attached hydrogens (tertiary/aromatic N) is 2. The topological polar surface area (TPSA) is 99.3 Å². The Kier molecular flexibility index (Phi) is 11.1. The van der Waals surface area contributed by atoms with Gasteiger partial charge in [-0.1, -0.05) is 88.4 Å². The summed E-state index contributed by atoms with van der Waals surface area (Å²) in [7, 11) is 0. The van der Waals surface area contributed by atoms with Crippen molar-refractivity contribution >= 4 is 23.0 Å². The van der Waals surface area contributed by atoms with E-state index in [4.69, 9.17) is 9.98 Å². The van der Waals surface area contributed by atoms with Crippen LogP contribution in [0.25, 0.3) is 0 Å². The van der Waals surface area contributed by atoms with Gasteiger partial charge in [0.25, 0.3) is 0 Å². The van der Waals surface area contributed by atoms with Crippen LogP contribution in [-0.4, -0.2) is 46.3 Å². The molecule has 2 aliphatic rings. The first-order valence-corrected chi connectivity index (χ1v) is 16.0. The van der Waals surface area contributed by atoms with Crippen molar-refractivity contribution in [1.82, 2.24) is 0 Å². The van der Waals surface area contributed by atoms with Gasteiger partial charge in [-0.25, -0.2) is 0 Å². The van der Waals surface area contributed by atoms with Crippen LogP contribution >= 0.6 is 0 Å². The Morgan fingerprint density at radius 1 is 0.614 bits per heavy atom. The van der Waals surface area contributed by atoms with Gasteiger partial charge >= 0.3 is 0 Å². The number of carbonyl (C=O) groups excluding carboxylic acids is 2. The quantitative estimate of drug-likeness (QED) is 0.179. The highest BCUT2D eigenvalue weighted by molar-refractivity contribution is 6.24. The van der Waals surface area contributed by atoms with Crippen LogP contribution in [0.4, 0.5) is 0 Å². The third kappa shape index (κ3) is 9.35. The maximum Gasteiger partial charge on any atom is 0.168 e. The molecule has 0 heterocycles. The Bertz CT molecular complexity index is 1330. The van der Waals surface area contributed by atoms with Crippen molar-refractivity contribution < 1.29 is 19.8 Å². The van der Waals surface area contributed by atoms with Crippen LogP contribution in [0.5, 0.6) is 0 Å². The van der Waals surface area contributed by atoms with Gasteiger partial charge in [-0.2, -0.15) is 0 Å². The lowest BCUT2D eigenvalue weighted by Gasteiger charge is -2.30. The van der Waals surface area contributed by atoms with E-state index < -0.39 is 0 Å². The molecule has 44 heavy (non-hydrogen) atoms. The molecule has 0 radical (unpaired) electrons. The average Bonchev–Trinajstić information content (AvgIpc) is 2.93. The lowest BCUT2D eigenvalue weighted by Crippen LogP contribution is -2.30. The summed E-state index contributed by atoms with van der Waals surface area (Å²) < 4.78 is 0. The Balaban J connectivity index is 1.50. The van der Waals surface area contributed by atoms with Crippen molar-refractivity contribution in [3.63, 3.8) is 0 Å². The van der Waals surface area contributed by atoms with Gasteiger partial charge in [0.2, 0.25) is 0 Å². The predicted octanol–water partition coefficient (Wildman–Crippen LogP) is 8.32. The number of rotatable bonds is 13. The number of Topliss-reactive ketones (excluding diaryl/α,β-unsaturated/α-hetero) is 2. The molecule has 0 saturated carbocycles. The Hall–Kier alpha value is -3.80. The minimum Gasteiger partial charge on any atom is -0.511 e. The maximum atomic E-state index is 13.2. The standard InChI is InChI=1S/C38H48N2O4/c1-37(2)23-31(41)35(32(42)24-37)29(39-21-19-27-13-7-5-8-14-27)17-11-12-18-30(40-22-20-28-15-9-6-10-16-28)36-33(43)25-38(3,4)26-34(36)44/h5-10,13-16,41,43H,11-12,17-26H2,1-4H3. The van der Waals surface area contributed by atoms with E-state index in [1.807, 2.05) is 64.1 Å². The van der Waals surface area contributed by atoms with Crippen molar-refractivity contribution in [3.8, 4) is 0 Å². The molecule has 2 aromatic rings. The normalized spacial score (nSPS) is 19.1. The summed E-state index contributed by atoms with van der Waals surface area (Å²) in [4.78, 5) is 36.2. The van der Waals surface area contributed by atoms with Crippen LogP contribution < -0.4 is 0 Å². The second kappa shape index (κ2) is 14.8. The Morgan fingerprint density at radius 2 is 0.977 bits per heavy atom. The van der Waals surface area contributed by atoms with Gasteiger partial charge in [0.05, 0.1) is 11.1 Å². The van der Waals surface area contributed by atoms with Crippen molar-refractivity contribution in [2.75, 3.05) is 13.1 Å². The van der Waals surface area contributed by atoms with Gasteiger partial charge in [0.15, 0.2) is 11.6 Å². The Morgan fingerprint density at radius 3 is 1.32 bits per heavy atom. The molecule has 0 fully saturated rings. The van der Waals surface area contributed by atoms with Crippen LogP contribution in [0.3, 0.4) is 0 Å².